The molecule has 6 nitrogen and oxygen atoms in total. The van der Waals surface area contributed by atoms with E-state index in [1.54, 1.807) is 0 Å². The van der Waals surface area contributed by atoms with Crippen LogP contribution >= 0.6 is 11.6 Å². The molecule has 2 atom stereocenters. The van der Waals surface area contributed by atoms with Crippen LogP contribution in [0.15, 0.2) is 43.0 Å². The van der Waals surface area contributed by atoms with Crippen LogP contribution in [0.4, 0.5) is 5.82 Å². The van der Waals surface area contributed by atoms with E-state index in [9.17, 15) is 4.79 Å². The Balaban J connectivity index is 1.36. The van der Waals surface area contributed by atoms with Gasteiger partial charge in [0.2, 0.25) is 5.91 Å². The number of hydrogen-bond acceptors (Lipinski definition) is 4. The third-order valence-corrected chi connectivity index (χ3v) is 6.69. The van der Waals surface area contributed by atoms with E-state index in [1.807, 2.05) is 24.7 Å². The average Bonchev–Trinajstić information content (AvgIpc) is 3.48. The lowest BCUT2D eigenvalue weighted by molar-refractivity contribution is -0.118. The second-order valence-corrected chi connectivity index (χ2v) is 10.1. The molecule has 0 radical (unpaired) electrons. The lowest BCUT2D eigenvalue weighted by Crippen LogP contribution is -2.46. The van der Waals surface area contributed by atoms with Gasteiger partial charge in [0.25, 0.3) is 0 Å². The van der Waals surface area contributed by atoms with Crippen molar-refractivity contribution in [2.45, 2.75) is 70.5 Å². The fourth-order valence-electron chi connectivity index (χ4n) is 4.75. The van der Waals surface area contributed by atoms with Crippen LogP contribution < -0.4 is 10.6 Å². The van der Waals surface area contributed by atoms with Crippen LogP contribution in [-0.2, 0) is 23.2 Å². The van der Waals surface area contributed by atoms with Gasteiger partial charge in [0.05, 0.1) is 17.9 Å². The molecule has 0 spiro atoms. The van der Waals surface area contributed by atoms with Gasteiger partial charge < -0.3 is 20.1 Å². The van der Waals surface area contributed by atoms with E-state index in [2.05, 4.69) is 64.2 Å². The molecule has 1 aromatic heterocycles. The van der Waals surface area contributed by atoms with Gasteiger partial charge >= 0.3 is 0 Å². The first-order valence-corrected chi connectivity index (χ1v) is 12.0. The van der Waals surface area contributed by atoms with Gasteiger partial charge in [-0.05, 0) is 69.0 Å². The minimum absolute atomic E-state index is 0.0219. The van der Waals surface area contributed by atoms with Crippen LogP contribution in [0.2, 0.25) is 5.02 Å². The molecule has 2 heterocycles. The van der Waals surface area contributed by atoms with E-state index in [4.69, 9.17) is 11.6 Å². The van der Waals surface area contributed by atoms with Crippen molar-refractivity contribution in [3.63, 3.8) is 0 Å². The molecule has 2 N–H and O–H groups in total. The summed E-state index contributed by atoms with van der Waals surface area (Å²) in [5.74, 6) is 0.579. The minimum atomic E-state index is -0.248. The number of aromatic nitrogens is 2. The SMILES string of the molecule is CCCC(NC1Cc2ccc(Cl)cc2C1)C(=O)Nc1cn(C(C)(C)CN2C=CCC2)cn1. The Labute approximate surface area is 196 Å². The highest BCUT2D eigenvalue weighted by atomic mass is 35.5. The zero-order valence-electron chi connectivity index (χ0n) is 19.3. The molecule has 2 aromatic rings. The van der Waals surface area contributed by atoms with E-state index < -0.39 is 0 Å². The molecular weight excluding hydrogens is 422 g/mol. The average molecular weight is 456 g/mol. The molecule has 4 rings (SSSR count). The number of fused-ring (bicyclic) bond motifs is 1. The Morgan fingerprint density at radius 3 is 2.88 bits per heavy atom. The van der Waals surface area contributed by atoms with Gasteiger partial charge in [-0.2, -0.15) is 0 Å². The second-order valence-electron chi connectivity index (χ2n) is 9.64. The summed E-state index contributed by atoms with van der Waals surface area (Å²) in [6, 6.07) is 6.08. The van der Waals surface area contributed by atoms with E-state index in [1.165, 1.54) is 11.1 Å². The van der Waals surface area contributed by atoms with Crippen molar-refractivity contribution in [2.75, 3.05) is 18.4 Å². The van der Waals surface area contributed by atoms with Gasteiger partial charge in [-0.15, -0.1) is 0 Å². The summed E-state index contributed by atoms with van der Waals surface area (Å²) in [5, 5.41) is 7.39. The molecule has 172 valence electrons. The first kappa shape index (κ1) is 22.9. The number of nitrogens with one attached hydrogen (secondary N) is 2. The molecule has 32 heavy (non-hydrogen) atoms. The number of halogens is 1. The highest BCUT2D eigenvalue weighted by Gasteiger charge is 2.28. The number of hydrogen-bond donors (Lipinski definition) is 2. The first-order valence-electron chi connectivity index (χ1n) is 11.6. The van der Waals surface area contributed by atoms with Gasteiger partial charge in [0.15, 0.2) is 5.82 Å². The summed E-state index contributed by atoms with van der Waals surface area (Å²) in [7, 11) is 0. The summed E-state index contributed by atoms with van der Waals surface area (Å²) >= 11 is 6.15. The minimum Gasteiger partial charge on any atom is -0.375 e. The molecule has 0 saturated heterocycles. The zero-order chi connectivity index (χ0) is 22.7. The van der Waals surface area contributed by atoms with Gasteiger partial charge in [0.1, 0.15) is 0 Å². The maximum atomic E-state index is 13.1. The maximum Gasteiger partial charge on any atom is 0.242 e. The number of anilines is 1. The number of rotatable bonds is 9. The number of nitrogens with zero attached hydrogens (tertiary/aromatic N) is 3. The Morgan fingerprint density at radius 1 is 1.31 bits per heavy atom. The zero-order valence-corrected chi connectivity index (χ0v) is 20.0. The third kappa shape index (κ3) is 5.36. The topological polar surface area (TPSA) is 62.2 Å². The molecule has 0 fully saturated rings. The van der Waals surface area contributed by atoms with Crippen LogP contribution in [0, 0.1) is 0 Å². The van der Waals surface area contributed by atoms with Gasteiger partial charge in [-0.1, -0.05) is 37.1 Å². The predicted molar refractivity (Wildman–Crippen MR) is 130 cm³/mol. The lowest BCUT2D eigenvalue weighted by Gasteiger charge is -2.31. The van der Waals surface area contributed by atoms with Crippen molar-refractivity contribution < 1.29 is 4.79 Å². The van der Waals surface area contributed by atoms with E-state index in [0.717, 1.165) is 50.2 Å². The van der Waals surface area contributed by atoms with Gasteiger partial charge in [-0.3, -0.25) is 4.79 Å². The van der Waals surface area contributed by atoms with Crippen molar-refractivity contribution in [2.24, 2.45) is 0 Å². The van der Waals surface area contributed by atoms with Crippen molar-refractivity contribution in [3.05, 3.63) is 59.1 Å². The summed E-state index contributed by atoms with van der Waals surface area (Å²) in [4.78, 5) is 19.9. The Kier molecular flexibility index (Phi) is 6.91. The van der Waals surface area contributed by atoms with E-state index >= 15 is 0 Å². The monoisotopic (exact) mass is 455 g/mol. The fraction of sp³-hybridized carbons (Fsp3) is 0.520. The number of carbonyl (C=O) groups excluding carboxylic acids is 1. The summed E-state index contributed by atoms with van der Waals surface area (Å²) in [6.45, 7) is 8.45. The number of imidazole rings is 1. The normalized spacial score (nSPS) is 18.8. The fourth-order valence-corrected chi connectivity index (χ4v) is 4.94. The summed E-state index contributed by atoms with van der Waals surface area (Å²) < 4.78 is 2.09. The van der Waals surface area contributed by atoms with Crippen molar-refractivity contribution in [1.82, 2.24) is 19.8 Å². The molecule has 1 amide bonds. The molecule has 7 heteroatoms. The van der Waals surface area contributed by atoms with Crippen molar-refractivity contribution in [3.8, 4) is 0 Å². The van der Waals surface area contributed by atoms with Crippen LogP contribution in [-0.4, -0.2) is 45.5 Å². The number of carbonyl (C=O) groups is 1. The number of benzene rings is 1. The summed E-state index contributed by atoms with van der Waals surface area (Å²) in [6.07, 6.45) is 12.8. The highest BCUT2D eigenvalue weighted by Crippen LogP contribution is 2.26. The molecule has 0 bridgehead atoms. The Morgan fingerprint density at radius 2 is 2.12 bits per heavy atom. The second kappa shape index (κ2) is 9.67. The standard InChI is InChI=1S/C25H34ClN5O/c1-4-7-22(28-21-13-18-8-9-20(26)12-19(18)14-21)24(32)29-23-15-31(17-27-23)25(2,3)16-30-10-5-6-11-30/h5,8-10,12,15,17,21-22,28H,4,6-7,11,13-14,16H2,1-3H3,(H,29,32). The van der Waals surface area contributed by atoms with Crippen LogP contribution in [0.5, 0.6) is 0 Å². The summed E-state index contributed by atoms with van der Waals surface area (Å²) in [5.41, 5.74) is 2.47. The largest absolute Gasteiger partial charge is 0.375 e. The van der Waals surface area contributed by atoms with Crippen LogP contribution in [0.1, 0.15) is 51.2 Å². The van der Waals surface area contributed by atoms with Crippen molar-refractivity contribution in [1.29, 1.82) is 0 Å². The third-order valence-electron chi connectivity index (χ3n) is 6.45. The highest BCUT2D eigenvalue weighted by molar-refractivity contribution is 6.30. The molecule has 2 unspecified atom stereocenters. The first-order chi connectivity index (χ1) is 15.3. The molecule has 0 saturated carbocycles. The van der Waals surface area contributed by atoms with E-state index in [0.29, 0.717) is 5.82 Å². The molecule has 1 aliphatic carbocycles. The molecule has 1 aromatic carbocycles. The van der Waals surface area contributed by atoms with Crippen LogP contribution in [0.25, 0.3) is 0 Å². The van der Waals surface area contributed by atoms with Crippen LogP contribution in [0.3, 0.4) is 0 Å². The number of amides is 1. The van der Waals surface area contributed by atoms with Gasteiger partial charge in [0, 0.05) is 30.4 Å². The lowest BCUT2D eigenvalue weighted by atomic mass is 10.1. The molecule has 2 aliphatic rings. The Bertz CT molecular complexity index is 982. The van der Waals surface area contributed by atoms with Crippen molar-refractivity contribution >= 4 is 23.3 Å². The van der Waals surface area contributed by atoms with Gasteiger partial charge in [-0.25, -0.2) is 4.98 Å². The molecular formula is C25H34ClN5O. The Hall–Kier alpha value is -2.31. The predicted octanol–water partition coefficient (Wildman–Crippen LogP) is 4.36. The van der Waals surface area contributed by atoms with E-state index in [-0.39, 0.29) is 23.5 Å². The quantitative estimate of drug-likeness (QED) is 0.589. The molecule has 1 aliphatic heterocycles. The maximum absolute atomic E-state index is 13.1. The smallest absolute Gasteiger partial charge is 0.242 e.